The maximum atomic E-state index is 12.3. The first-order valence-electron chi connectivity index (χ1n) is 8.02. The molecule has 140 valence electrons. The third kappa shape index (κ3) is 5.10. The highest BCUT2D eigenvalue weighted by Gasteiger charge is 2.27. The number of furan rings is 1. The number of nitrogens with one attached hydrogen (secondary N) is 2. The fraction of sp³-hybridized carbons (Fsp3) is 0.158. The van der Waals surface area contributed by atoms with Gasteiger partial charge in [-0.1, -0.05) is 30.3 Å². The van der Waals surface area contributed by atoms with Gasteiger partial charge < -0.3 is 15.1 Å². The molecule has 1 heterocycles. The van der Waals surface area contributed by atoms with Crippen LogP contribution in [0.15, 0.2) is 59.0 Å². The number of rotatable bonds is 5. The van der Waals surface area contributed by atoms with Crippen LogP contribution >= 0.6 is 0 Å². The molecule has 0 bridgehead atoms. The summed E-state index contributed by atoms with van der Waals surface area (Å²) in [5, 5.41) is 5.28. The molecule has 0 aliphatic heterocycles. The average Bonchev–Trinajstić information content (AvgIpc) is 3.05. The van der Waals surface area contributed by atoms with Crippen molar-refractivity contribution in [2.45, 2.75) is 12.6 Å². The smallest absolute Gasteiger partial charge is 0.405 e. The van der Waals surface area contributed by atoms with E-state index in [0.29, 0.717) is 16.8 Å². The van der Waals surface area contributed by atoms with Gasteiger partial charge in [-0.25, -0.2) is 0 Å². The molecule has 0 aliphatic carbocycles. The average molecular weight is 376 g/mol. The van der Waals surface area contributed by atoms with Crippen molar-refractivity contribution in [2.24, 2.45) is 0 Å². The molecule has 2 amide bonds. The van der Waals surface area contributed by atoms with Crippen molar-refractivity contribution in [2.75, 3.05) is 11.9 Å². The minimum atomic E-state index is -4.44. The van der Waals surface area contributed by atoms with E-state index in [4.69, 9.17) is 4.42 Å². The number of fused-ring (bicyclic) bond motifs is 1. The van der Waals surface area contributed by atoms with Crippen molar-refractivity contribution in [3.05, 3.63) is 65.9 Å². The molecule has 8 heteroatoms. The summed E-state index contributed by atoms with van der Waals surface area (Å²) in [5.41, 5.74) is 1.60. The first-order valence-corrected chi connectivity index (χ1v) is 8.02. The summed E-state index contributed by atoms with van der Waals surface area (Å²) < 4.78 is 41.7. The molecule has 3 aromatic rings. The second kappa shape index (κ2) is 7.53. The highest BCUT2D eigenvalue weighted by molar-refractivity contribution is 6.04. The summed E-state index contributed by atoms with van der Waals surface area (Å²) in [6, 6.07) is 15.1. The lowest BCUT2D eigenvalue weighted by molar-refractivity contribution is -0.138. The number of anilines is 1. The Bertz CT molecular complexity index is 929. The summed E-state index contributed by atoms with van der Waals surface area (Å²) in [6.45, 7) is -1.36. The number of alkyl halides is 3. The van der Waals surface area contributed by atoms with Gasteiger partial charge in [0.05, 0.1) is 6.42 Å². The molecule has 27 heavy (non-hydrogen) atoms. The number of carbonyl (C=O) groups excluding carboxylic acids is 2. The largest absolute Gasteiger partial charge is 0.451 e. The highest BCUT2D eigenvalue weighted by atomic mass is 19.4. The molecule has 1 aromatic heterocycles. The van der Waals surface area contributed by atoms with Gasteiger partial charge in [0.15, 0.2) is 5.76 Å². The van der Waals surface area contributed by atoms with Crippen molar-refractivity contribution in [1.29, 1.82) is 0 Å². The number of hydrogen-bond acceptors (Lipinski definition) is 3. The quantitative estimate of drug-likeness (QED) is 0.709. The Hall–Kier alpha value is -3.29. The first-order chi connectivity index (χ1) is 12.8. The molecule has 0 saturated heterocycles. The van der Waals surface area contributed by atoms with E-state index in [2.05, 4.69) is 5.32 Å². The predicted molar refractivity (Wildman–Crippen MR) is 93.4 cm³/mol. The van der Waals surface area contributed by atoms with Gasteiger partial charge in [0.2, 0.25) is 5.91 Å². The van der Waals surface area contributed by atoms with Gasteiger partial charge in [0, 0.05) is 11.1 Å². The molecule has 2 N–H and O–H groups in total. The number of halogens is 3. The van der Waals surface area contributed by atoms with E-state index in [1.54, 1.807) is 47.8 Å². The van der Waals surface area contributed by atoms with Crippen LogP contribution in [0.1, 0.15) is 16.1 Å². The van der Waals surface area contributed by atoms with E-state index >= 15 is 0 Å². The zero-order valence-corrected chi connectivity index (χ0v) is 14.0. The van der Waals surface area contributed by atoms with Crippen LogP contribution in [0.5, 0.6) is 0 Å². The Balaban J connectivity index is 1.58. The van der Waals surface area contributed by atoms with Crippen LogP contribution in [0.3, 0.4) is 0 Å². The summed E-state index contributed by atoms with van der Waals surface area (Å²) in [5.74, 6) is -1.000. The van der Waals surface area contributed by atoms with Crippen molar-refractivity contribution in [3.63, 3.8) is 0 Å². The number of para-hydroxylation sites is 1. The number of hydrogen-bond donors (Lipinski definition) is 2. The first kappa shape index (κ1) is 18.5. The Morgan fingerprint density at radius 1 is 1.00 bits per heavy atom. The molecular weight excluding hydrogens is 361 g/mol. The van der Waals surface area contributed by atoms with Gasteiger partial charge in [0.25, 0.3) is 5.91 Å². The Morgan fingerprint density at radius 3 is 2.37 bits per heavy atom. The van der Waals surface area contributed by atoms with E-state index in [0.717, 1.165) is 5.39 Å². The molecule has 0 spiro atoms. The lowest BCUT2D eigenvalue weighted by Crippen LogP contribution is -2.34. The fourth-order valence-electron chi connectivity index (χ4n) is 2.44. The number of benzene rings is 2. The predicted octanol–water partition coefficient (Wildman–Crippen LogP) is 3.91. The molecule has 0 atom stereocenters. The maximum Gasteiger partial charge on any atom is 0.405 e. The molecule has 0 unspecified atom stereocenters. The minimum absolute atomic E-state index is 0.159. The summed E-state index contributed by atoms with van der Waals surface area (Å²) in [7, 11) is 0. The van der Waals surface area contributed by atoms with Crippen LogP contribution in [0, 0.1) is 0 Å². The number of carbonyl (C=O) groups is 2. The molecular formula is C19H15F3N2O3. The van der Waals surface area contributed by atoms with Crippen LogP contribution in [0.2, 0.25) is 0 Å². The Morgan fingerprint density at radius 2 is 1.70 bits per heavy atom. The zero-order valence-electron chi connectivity index (χ0n) is 14.0. The number of amides is 2. The second-order valence-electron chi connectivity index (χ2n) is 5.87. The summed E-state index contributed by atoms with van der Waals surface area (Å²) >= 11 is 0. The molecule has 5 nitrogen and oxygen atoms in total. The fourth-order valence-corrected chi connectivity index (χ4v) is 2.44. The monoisotopic (exact) mass is 376 g/mol. The summed E-state index contributed by atoms with van der Waals surface area (Å²) in [6.07, 6.45) is -4.63. The lowest BCUT2D eigenvalue weighted by atomic mass is 10.1. The van der Waals surface area contributed by atoms with E-state index in [-0.39, 0.29) is 12.2 Å². The second-order valence-corrected chi connectivity index (χ2v) is 5.87. The molecule has 0 fully saturated rings. The highest BCUT2D eigenvalue weighted by Crippen LogP contribution is 2.20. The normalized spacial score (nSPS) is 11.4. The van der Waals surface area contributed by atoms with Crippen molar-refractivity contribution >= 4 is 28.5 Å². The Labute approximate surface area is 152 Å². The van der Waals surface area contributed by atoms with Crippen molar-refractivity contribution < 1.29 is 27.2 Å². The van der Waals surface area contributed by atoms with Crippen LogP contribution in [-0.2, 0) is 11.2 Å². The van der Waals surface area contributed by atoms with Gasteiger partial charge in [-0.15, -0.1) is 0 Å². The Kier molecular flexibility index (Phi) is 5.16. The molecule has 0 radical (unpaired) electrons. The van der Waals surface area contributed by atoms with Crippen LogP contribution in [0.25, 0.3) is 11.0 Å². The summed E-state index contributed by atoms with van der Waals surface area (Å²) in [4.78, 5) is 23.7. The third-order valence-electron chi connectivity index (χ3n) is 3.71. The van der Waals surface area contributed by atoms with Crippen LogP contribution in [-0.4, -0.2) is 24.5 Å². The standard InChI is InChI=1S/C19H15F3N2O3/c20-19(21,22)11-23-17(25)9-12-5-7-14(8-6-12)24-18(26)16-10-13-3-1-2-4-15(13)27-16/h1-8,10H,9,11H2,(H,23,25)(H,24,26). The van der Waals surface area contributed by atoms with E-state index in [1.165, 1.54) is 0 Å². The third-order valence-corrected chi connectivity index (χ3v) is 3.71. The van der Waals surface area contributed by atoms with Crippen LogP contribution in [0.4, 0.5) is 18.9 Å². The SMILES string of the molecule is O=C(Cc1ccc(NC(=O)c2cc3ccccc3o2)cc1)NCC(F)(F)F. The topological polar surface area (TPSA) is 71.3 Å². The zero-order chi connectivity index (χ0) is 19.4. The maximum absolute atomic E-state index is 12.3. The van der Waals surface area contributed by atoms with Crippen molar-refractivity contribution in [1.82, 2.24) is 5.32 Å². The van der Waals surface area contributed by atoms with E-state index in [1.807, 2.05) is 12.1 Å². The molecule has 0 saturated carbocycles. The van der Waals surface area contributed by atoms with E-state index < -0.39 is 24.5 Å². The van der Waals surface area contributed by atoms with E-state index in [9.17, 15) is 22.8 Å². The van der Waals surface area contributed by atoms with Gasteiger partial charge >= 0.3 is 6.18 Å². The molecule has 3 rings (SSSR count). The van der Waals surface area contributed by atoms with Gasteiger partial charge in [-0.05, 0) is 29.8 Å². The van der Waals surface area contributed by atoms with Crippen molar-refractivity contribution in [3.8, 4) is 0 Å². The van der Waals surface area contributed by atoms with Gasteiger partial charge in [0.1, 0.15) is 12.1 Å². The van der Waals surface area contributed by atoms with Gasteiger partial charge in [-0.2, -0.15) is 13.2 Å². The van der Waals surface area contributed by atoms with Gasteiger partial charge in [-0.3, -0.25) is 9.59 Å². The minimum Gasteiger partial charge on any atom is -0.451 e. The van der Waals surface area contributed by atoms with Crippen LogP contribution < -0.4 is 10.6 Å². The molecule has 0 aliphatic rings. The lowest BCUT2D eigenvalue weighted by Gasteiger charge is -2.09. The molecule has 2 aromatic carbocycles.